The van der Waals surface area contributed by atoms with Crippen LogP contribution in [0.25, 0.3) is 12.2 Å². The molecule has 1 amide bonds. The van der Waals surface area contributed by atoms with Crippen molar-refractivity contribution in [2.45, 2.75) is 12.5 Å². The number of nitrogens with one attached hydrogen (secondary N) is 1. The molecule has 8 heteroatoms. The van der Waals surface area contributed by atoms with Gasteiger partial charge in [0, 0.05) is 0 Å². The van der Waals surface area contributed by atoms with Crippen molar-refractivity contribution in [1.29, 1.82) is 0 Å². The summed E-state index contributed by atoms with van der Waals surface area (Å²) in [4.78, 5) is 12.7. The summed E-state index contributed by atoms with van der Waals surface area (Å²) in [5, 5.41) is 12.3. The minimum Gasteiger partial charge on any atom is -0.508 e. The number of aromatic hydroxyl groups is 1. The fourth-order valence-electron chi connectivity index (χ4n) is 3.57. The zero-order valence-corrected chi connectivity index (χ0v) is 18.9. The Bertz CT molecular complexity index is 1210. The fraction of sp³-hybridized carbons (Fsp3) is 0.192. The van der Waals surface area contributed by atoms with Gasteiger partial charge in [-0.15, -0.1) is 0 Å². The number of benzene rings is 3. The van der Waals surface area contributed by atoms with Gasteiger partial charge in [0.25, 0.3) is 0 Å². The van der Waals surface area contributed by atoms with Crippen molar-refractivity contribution in [3.05, 3.63) is 71.3 Å². The molecule has 0 radical (unpaired) electrons. The smallest absolute Gasteiger partial charge is 0.241 e. The van der Waals surface area contributed by atoms with E-state index in [0.29, 0.717) is 35.1 Å². The van der Waals surface area contributed by atoms with Crippen LogP contribution in [0, 0.1) is 0 Å². The monoisotopic (exact) mass is 462 g/mol. The number of carbonyl (C=O) groups excluding carboxylic acids is 1. The molecule has 3 aromatic rings. The van der Waals surface area contributed by atoms with Gasteiger partial charge in [0.05, 0.1) is 25.9 Å². The SMILES string of the molecule is COc1ccc(/C=C\c2cc(OC)c3c(c2)OCO3)cc1NC(=O)C(N)Cc1ccc(O)cc1. The normalized spacial score (nSPS) is 13.0. The third kappa shape index (κ3) is 5.24. The van der Waals surface area contributed by atoms with Crippen LogP contribution in [-0.2, 0) is 11.2 Å². The minimum absolute atomic E-state index is 0.162. The minimum atomic E-state index is -0.769. The van der Waals surface area contributed by atoms with Crippen LogP contribution in [0.15, 0.2) is 54.6 Å². The molecule has 1 aliphatic heterocycles. The second-order valence-electron chi connectivity index (χ2n) is 7.72. The molecule has 4 N–H and O–H groups in total. The summed E-state index contributed by atoms with van der Waals surface area (Å²) in [7, 11) is 3.12. The fourth-order valence-corrected chi connectivity index (χ4v) is 3.57. The molecule has 0 bridgehead atoms. The van der Waals surface area contributed by atoms with Crippen molar-refractivity contribution in [2.24, 2.45) is 5.73 Å². The van der Waals surface area contributed by atoms with Gasteiger partial charge >= 0.3 is 0 Å². The molecule has 0 spiro atoms. The van der Waals surface area contributed by atoms with Gasteiger partial charge in [-0.05, 0) is 59.5 Å². The van der Waals surface area contributed by atoms with E-state index in [9.17, 15) is 9.90 Å². The van der Waals surface area contributed by atoms with Crippen molar-refractivity contribution in [2.75, 3.05) is 26.3 Å². The number of hydrogen-bond donors (Lipinski definition) is 3. The van der Waals surface area contributed by atoms with Crippen LogP contribution in [0.2, 0.25) is 0 Å². The number of carbonyl (C=O) groups is 1. The lowest BCUT2D eigenvalue weighted by Crippen LogP contribution is -2.37. The van der Waals surface area contributed by atoms with Crippen molar-refractivity contribution in [3.63, 3.8) is 0 Å². The van der Waals surface area contributed by atoms with Crippen LogP contribution < -0.4 is 30.0 Å². The van der Waals surface area contributed by atoms with Crippen LogP contribution in [0.4, 0.5) is 5.69 Å². The van der Waals surface area contributed by atoms with Crippen molar-refractivity contribution in [3.8, 4) is 28.7 Å². The Labute approximate surface area is 197 Å². The molecule has 8 nitrogen and oxygen atoms in total. The van der Waals surface area contributed by atoms with E-state index in [-0.39, 0.29) is 18.4 Å². The summed E-state index contributed by atoms with van der Waals surface area (Å²) in [6, 6.07) is 15.0. The number of amides is 1. The summed E-state index contributed by atoms with van der Waals surface area (Å²) >= 11 is 0. The second-order valence-corrected chi connectivity index (χ2v) is 7.72. The largest absolute Gasteiger partial charge is 0.508 e. The molecular weight excluding hydrogens is 436 g/mol. The molecule has 1 heterocycles. The van der Waals surface area contributed by atoms with E-state index in [4.69, 9.17) is 24.7 Å². The summed E-state index contributed by atoms with van der Waals surface area (Å²) < 4.78 is 21.7. The topological polar surface area (TPSA) is 112 Å². The Balaban J connectivity index is 1.49. The molecule has 1 unspecified atom stereocenters. The lowest BCUT2D eigenvalue weighted by atomic mass is 10.1. The molecule has 4 rings (SSSR count). The van der Waals surface area contributed by atoms with Gasteiger partial charge in [-0.3, -0.25) is 4.79 Å². The van der Waals surface area contributed by atoms with Crippen molar-refractivity contribution in [1.82, 2.24) is 0 Å². The lowest BCUT2D eigenvalue weighted by Gasteiger charge is -2.15. The maximum absolute atomic E-state index is 12.7. The van der Waals surface area contributed by atoms with Crippen molar-refractivity contribution < 1.29 is 28.8 Å². The van der Waals surface area contributed by atoms with Gasteiger partial charge < -0.3 is 35.1 Å². The average Bonchev–Trinajstić information content (AvgIpc) is 3.32. The Kier molecular flexibility index (Phi) is 6.89. The molecule has 0 fully saturated rings. The number of fused-ring (bicyclic) bond motifs is 1. The molecular formula is C26H26N2O6. The molecule has 3 aromatic carbocycles. The van der Waals surface area contributed by atoms with Crippen LogP contribution in [0.5, 0.6) is 28.7 Å². The number of hydrogen-bond acceptors (Lipinski definition) is 7. The first kappa shape index (κ1) is 23.0. The quantitative estimate of drug-likeness (QED) is 0.436. The van der Waals surface area contributed by atoms with E-state index in [1.807, 2.05) is 36.4 Å². The molecule has 0 saturated heterocycles. The first-order valence-corrected chi connectivity index (χ1v) is 10.6. The summed E-state index contributed by atoms with van der Waals surface area (Å²) in [6.45, 7) is 0.162. The van der Waals surface area contributed by atoms with Crippen molar-refractivity contribution >= 4 is 23.7 Å². The molecule has 1 atom stereocenters. The van der Waals surface area contributed by atoms with E-state index >= 15 is 0 Å². The molecule has 0 aromatic heterocycles. The zero-order valence-electron chi connectivity index (χ0n) is 18.9. The highest BCUT2D eigenvalue weighted by atomic mass is 16.7. The van der Waals surface area contributed by atoms with Gasteiger partial charge in [-0.25, -0.2) is 0 Å². The predicted octanol–water partition coefficient (Wildman–Crippen LogP) is 3.82. The van der Waals surface area contributed by atoms with Gasteiger partial charge in [0.1, 0.15) is 11.5 Å². The molecule has 0 saturated carbocycles. The third-order valence-corrected chi connectivity index (χ3v) is 5.36. The Hall–Kier alpha value is -4.17. The molecule has 176 valence electrons. The Morgan fingerprint density at radius 2 is 1.76 bits per heavy atom. The second kappa shape index (κ2) is 10.2. The zero-order chi connectivity index (χ0) is 24.1. The van der Waals surface area contributed by atoms with Gasteiger partial charge in [-0.1, -0.05) is 30.4 Å². The van der Waals surface area contributed by atoms with Gasteiger partial charge in [0.2, 0.25) is 18.4 Å². The first-order valence-electron chi connectivity index (χ1n) is 10.6. The van der Waals surface area contributed by atoms with Crippen LogP contribution >= 0.6 is 0 Å². The maximum atomic E-state index is 12.7. The van der Waals surface area contributed by atoms with Crippen LogP contribution in [0.1, 0.15) is 16.7 Å². The van der Waals surface area contributed by atoms with E-state index in [0.717, 1.165) is 16.7 Å². The first-order chi connectivity index (χ1) is 16.5. The summed E-state index contributed by atoms with van der Waals surface area (Å²) in [5.41, 5.74) is 9.19. The third-order valence-electron chi connectivity index (χ3n) is 5.36. The number of phenolic OH excluding ortho intramolecular Hbond substituents is 1. The summed E-state index contributed by atoms with van der Waals surface area (Å²) in [5.74, 6) is 2.16. The summed E-state index contributed by atoms with van der Waals surface area (Å²) in [6.07, 6.45) is 4.15. The number of methoxy groups -OCH3 is 2. The number of phenols is 1. The predicted molar refractivity (Wildman–Crippen MR) is 129 cm³/mol. The standard InChI is InChI=1S/C26H26N2O6/c1-31-22-10-7-17(3-4-18-13-23(32-2)25-24(14-18)33-15-34-25)12-21(22)28-26(30)20(27)11-16-5-8-19(29)9-6-16/h3-10,12-14,20,29H,11,15,27H2,1-2H3,(H,28,30)/b4-3-. The van der Waals surface area contributed by atoms with E-state index in [1.54, 1.807) is 37.4 Å². The van der Waals surface area contributed by atoms with Crippen LogP contribution in [0.3, 0.4) is 0 Å². The number of rotatable bonds is 8. The lowest BCUT2D eigenvalue weighted by molar-refractivity contribution is -0.117. The number of ether oxygens (including phenoxy) is 4. The Morgan fingerprint density at radius 1 is 1.03 bits per heavy atom. The van der Waals surface area contributed by atoms with Gasteiger partial charge in [-0.2, -0.15) is 0 Å². The number of nitrogens with two attached hydrogens (primary N) is 1. The average molecular weight is 463 g/mol. The molecule has 34 heavy (non-hydrogen) atoms. The van der Waals surface area contributed by atoms with E-state index in [1.165, 1.54) is 7.11 Å². The number of anilines is 1. The highest BCUT2D eigenvalue weighted by Gasteiger charge is 2.20. The maximum Gasteiger partial charge on any atom is 0.241 e. The van der Waals surface area contributed by atoms with E-state index < -0.39 is 6.04 Å². The molecule has 1 aliphatic rings. The molecule has 0 aliphatic carbocycles. The van der Waals surface area contributed by atoms with E-state index in [2.05, 4.69) is 5.32 Å². The Morgan fingerprint density at radius 3 is 2.50 bits per heavy atom. The van der Waals surface area contributed by atoms with Crippen LogP contribution in [-0.4, -0.2) is 38.1 Å². The van der Waals surface area contributed by atoms with Gasteiger partial charge in [0.15, 0.2) is 11.5 Å². The highest BCUT2D eigenvalue weighted by molar-refractivity contribution is 5.96. The highest BCUT2D eigenvalue weighted by Crippen LogP contribution is 2.42.